The quantitative estimate of drug-likeness (QED) is 0.415. The second kappa shape index (κ2) is 10.4. The molecule has 2 rings (SSSR count). The van der Waals surface area contributed by atoms with Crippen LogP contribution in [-0.4, -0.2) is 60.5 Å². The van der Waals surface area contributed by atoms with Crippen molar-refractivity contribution in [3.8, 4) is 0 Å². The third-order valence-corrected chi connectivity index (χ3v) is 4.90. The van der Waals surface area contributed by atoms with Gasteiger partial charge in [0.1, 0.15) is 12.1 Å². The molecule has 0 heterocycles. The molecule has 0 bridgehead atoms. The molecule has 1 saturated carbocycles. The molecule has 9 heteroatoms. The van der Waals surface area contributed by atoms with Gasteiger partial charge in [0, 0.05) is 14.1 Å². The second-order valence-electron chi connectivity index (χ2n) is 7.20. The van der Waals surface area contributed by atoms with Crippen molar-refractivity contribution >= 4 is 29.5 Å². The standard InChI is InChI=1S/C19H27ClN4O4/c1-24(2)19(28)16(13-6-4-3-5-7-13)22-15(25)11-21-18(27)17(26)14(23-20)10-12-8-9-12/h3-7,12,14,16-17,23,26H,8-11H2,1-2H3,(H,21,27)(H,22,25). The Labute approximate surface area is 169 Å². The van der Waals surface area contributed by atoms with Crippen molar-refractivity contribution < 1.29 is 19.5 Å². The minimum atomic E-state index is -1.36. The molecule has 3 unspecified atom stereocenters. The Balaban J connectivity index is 1.91. The molecule has 0 aromatic heterocycles. The number of aliphatic hydroxyl groups excluding tert-OH is 1. The summed E-state index contributed by atoms with van der Waals surface area (Å²) in [5.74, 6) is -1.06. The summed E-state index contributed by atoms with van der Waals surface area (Å²) in [5.41, 5.74) is 0.636. The number of halogens is 1. The Hall–Kier alpha value is -2.16. The minimum absolute atomic E-state index is 0.290. The van der Waals surface area contributed by atoms with Crippen LogP contribution in [-0.2, 0) is 14.4 Å². The molecule has 154 valence electrons. The maximum atomic E-state index is 12.4. The summed E-state index contributed by atoms with van der Waals surface area (Å²) in [5, 5.41) is 15.2. The molecule has 1 fully saturated rings. The fourth-order valence-corrected chi connectivity index (χ4v) is 3.01. The fourth-order valence-electron chi connectivity index (χ4n) is 2.80. The third kappa shape index (κ3) is 6.47. The zero-order valence-corrected chi connectivity index (χ0v) is 16.8. The second-order valence-corrected chi connectivity index (χ2v) is 7.42. The molecule has 1 aromatic carbocycles. The van der Waals surface area contributed by atoms with Crippen molar-refractivity contribution in [2.45, 2.75) is 37.5 Å². The summed E-state index contributed by atoms with van der Waals surface area (Å²) < 4.78 is 0. The fraction of sp³-hybridized carbons (Fsp3) is 0.526. The zero-order chi connectivity index (χ0) is 20.7. The van der Waals surface area contributed by atoms with Crippen LogP contribution in [0, 0.1) is 5.92 Å². The van der Waals surface area contributed by atoms with Crippen molar-refractivity contribution in [2.75, 3.05) is 20.6 Å². The maximum absolute atomic E-state index is 12.4. The number of nitrogens with one attached hydrogen (secondary N) is 3. The lowest BCUT2D eigenvalue weighted by atomic mass is 10.0. The Kier molecular flexibility index (Phi) is 8.22. The number of amides is 3. The topological polar surface area (TPSA) is 111 Å². The summed E-state index contributed by atoms with van der Waals surface area (Å²) in [7, 11) is 3.20. The van der Waals surface area contributed by atoms with Gasteiger partial charge in [-0.1, -0.05) is 43.2 Å². The van der Waals surface area contributed by atoms with Crippen LogP contribution in [0.2, 0.25) is 0 Å². The number of hydrogen-bond acceptors (Lipinski definition) is 5. The predicted molar refractivity (Wildman–Crippen MR) is 105 cm³/mol. The number of carbonyl (C=O) groups excluding carboxylic acids is 3. The van der Waals surface area contributed by atoms with Crippen molar-refractivity contribution in [2.24, 2.45) is 5.92 Å². The molecule has 0 aliphatic heterocycles. The molecule has 8 nitrogen and oxygen atoms in total. The van der Waals surface area contributed by atoms with Crippen molar-refractivity contribution in [1.29, 1.82) is 0 Å². The lowest BCUT2D eigenvalue weighted by molar-refractivity contribution is -0.135. The molecule has 28 heavy (non-hydrogen) atoms. The summed E-state index contributed by atoms with van der Waals surface area (Å²) >= 11 is 5.63. The van der Waals surface area contributed by atoms with E-state index in [2.05, 4.69) is 15.5 Å². The van der Waals surface area contributed by atoms with Crippen LogP contribution in [0.25, 0.3) is 0 Å². The molecular weight excluding hydrogens is 384 g/mol. The molecule has 3 atom stereocenters. The SMILES string of the molecule is CN(C)C(=O)C(NC(=O)CNC(=O)C(O)C(CC1CC1)NCl)c1ccccc1. The first-order chi connectivity index (χ1) is 13.3. The molecule has 1 aromatic rings. The Morgan fingerprint density at radius 1 is 1.21 bits per heavy atom. The zero-order valence-electron chi connectivity index (χ0n) is 16.0. The lowest BCUT2D eigenvalue weighted by Gasteiger charge is -2.23. The number of nitrogens with zero attached hydrogens (tertiary/aromatic N) is 1. The van der Waals surface area contributed by atoms with Crippen molar-refractivity contribution in [3.63, 3.8) is 0 Å². The van der Waals surface area contributed by atoms with E-state index in [1.54, 1.807) is 38.4 Å². The highest BCUT2D eigenvalue weighted by molar-refractivity contribution is 6.13. The molecule has 0 spiro atoms. The van der Waals surface area contributed by atoms with E-state index in [1.807, 2.05) is 6.07 Å². The molecule has 0 radical (unpaired) electrons. The first-order valence-corrected chi connectivity index (χ1v) is 9.58. The third-order valence-electron chi connectivity index (χ3n) is 4.62. The van der Waals surface area contributed by atoms with Gasteiger partial charge in [0.15, 0.2) is 0 Å². The van der Waals surface area contributed by atoms with Gasteiger partial charge in [-0.15, -0.1) is 0 Å². The van der Waals surface area contributed by atoms with Crippen molar-refractivity contribution in [3.05, 3.63) is 35.9 Å². The van der Waals surface area contributed by atoms with Crippen LogP contribution in [0.3, 0.4) is 0 Å². The smallest absolute Gasteiger partial charge is 0.250 e. The molecule has 4 N–H and O–H groups in total. The Morgan fingerprint density at radius 3 is 2.39 bits per heavy atom. The number of carbonyl (C=O) groups is 3. The molecule has 3 amide bonds. The van der Waals surface area contributed by atoms with Gasteiger partial charge < -0.3 is 20.6 Å². The predicted octanol–water partition coefficient (Wildman–Crippen LogP) is 0.321. The van der Waals surface area contributed by atoms with Crippen LogP contribution in [0.1, 0.15) is 30.9 Å². The average molecular weight is 411 g/mol. The lowest BCUT2D eigenvalue weighted by Crippen LogP contribution is -2.50. The Bertz CT molecular complexity index is 682. The number of hydrogen-bond donors (Lipinski definition) is 4. The van der Waals surface area contributed by atoms with Gasteiger partial charge in [0.25, 0.3) is 5.91 Å². The molecule has 1 aliphatic carbocycles. The Morgan fingerprint density at radius 2 is 1.86 bits per heavy atom. The van der Waals surface area contributed by atoms with E-state index in [-0.39, 0.29) is 12.5 Å². The summed E-state index contributed by atoms with van der Waals surface area (Å²) in [6, 6.07) is 7.39. The van der Waals surface area contributed by atoms with E-state index in [4.69, 9.17) is 11.8 Å². The highest BCUT2D eigenvalue weighted by atomic mass is 35.5. The minimum Gasteiger partial charge on any atom is -0.382 e. The summed E-state index contributed by atoms with van der Waals surface area (Å²) in [6.07, 6.45) is 1.36. The number of aliphatic hydroxyl groups is 1. The van der Waals surface area contributed by atoms with Crippen molar-refractivity contribution in [1.82, 2.24) is 20.4 Å². The van der Waals surface area contributed by atoms with Gasteiger partial charge in [0.05, 0.1) is 12.6 Å². The van der Waals surface area contributed by atoms with Crippen LogP contribution < -0.4 is 15.5 Å². The molecule has 0 saturated heterocycles. The normalized spacial score (nSPS) is 16.6. The molecular formula is C19H27ClN4O4. The van der Waals surface area contributed by atoms with E-state index in [9.17, 15) is 19.5 Å². The van der Waals surface area contributed by atoms with E-state index >= 15 is 0 Å². The van der Waals surface area contributed by atoms with Crippen LogP contribution in [0.5, 0.6) is 0 Å². The summed E-state index contributed by atoms with van der Waals surface area (Å²) in [4.78, 5) is 40.7. The van der Waals surface area contributed by atoms with Gasteiger partial charge in [-0.3, -0.25) is 14.4 Å². The van der Waals surface area contributed by atoms with E-state index in [0.29, 0.717) is 17.9 Å². The van der Waals surface area contributed by atoms with Crippen LogP contribution >= 0.6 is 11.8 Å². The van der Waals surface area contributed by atoms with Gasteiger partial charge in [-0.2, -0.15) is 0 Å². The highest BCUT2D eigenvalue weighted by Crippen LogP contribution is 2.34. The van der Waals surface area contributed by atoms with E-state index in [0.717, 1.165) is 12.8 Å². The van der Waals surface area contributed by atoms with E-state index < -0.39 is 30.0 Å². The number of benzene rings is 1. The van der Waals surface area contributed by atoms with Gasteiger partial charge in [-0.05, 0) is 29.7 Å². The van der Waals surface area contributed by atoms with Crippen LogP contribution in [0.4, 0.5) is 0 Å². The maximum Gasteiger partial charge on any atom is 0.250 e. The van der Waals surface area contributed by atoms with Gasteiger partial charge in [-0.25, -0.2) is 4.84 Å². The highest BCUT2D eigenvalue weighted by Gasteiger charge is 2.32. The number of rotatable bonds is 10. The molecule has 1 aliphatic rings. The largest absolute Gasteiger partial charge is 0.382 e. The average Bonchev–Trinajstić information content (AvgIpc) is 3.52. The van der Waals surface area contributed by atoms with Gasteiger partial charge in [0.2, 0.25) is 11.8 Å². The first-order valence-electron chi connectivity index (χ1n) is 9.21. The first kappa shape index (κ1) is 22.1. The van der Waals surface area contributed by atoms with Gasteiger partial charge >= 0.3 is 0 Å². The van der Waals surface area contributed by atoms with Crippen LogP contribution in [0.15, 0.2) is 30.3 Å². The monoisotopic (exact) mass is 410 g/mol. The number of likely N-dealkylation sites (N-methyl/N-ethyl adjacent to an activating group) is 1. The van der Waals surface area contributed by atoms with E-state index in [1.165, 1.54) is 4.90 Å². The summed E-state index contributed by atoms with van der Waals surface area (Å²) in [6.45, 7) is -0.363.